The molecule has 0 fully saturated rings. The number of benzene rings is 2. The Hall–Kier alpha value is -2.58. The van der Waals surface area contributed by atoms with Gasteiger partial charge in [-0.25, -0.2) is 8.42 Å². The predicted molar refractivity (Wildman–Crippen MR) is 148 cm³/mol. The van der Waals surface area contributed by atoms with Gasteiger partial charge < -0.3 is 15.0 Å². The van der Waals surface area contributed by atoms with Crippen molar-refractivity contribution in [1.82, 2.24) is 19.5 Å². The molecule has 0 aliphatic heterocycles. The van der Waals surface area contributed by atoms with E-state index in [2.05, 4.69) is 37.8 Å². The number of ether oxygens (including phenoxy) is 1. The maximum atomic E-state index is 11.2. The number of sulfonamides is 1. The van der Waals surface area contributed by atoms with Crippen LogP contribution in [-0.4, -0.2) is 56.4 Å². The molecule has 13 heteroatoms. The second kappa shape index (κ2) is 12.4. The van der Waals surface area contributed by atoms with Crippen LogP contribution in [0.25, 0.3) is 5.69 Å². The average Bonchev–Trinajstić information content (AvgIpc) is 3.14. The molecule has 3 rings (SSSR count). The largest absolute Gasteiger partial charge is 0.372 e. The summed E-state index contributed by atoms with van der Waals surface area (Å²) in [5, 5.41) is 8.91. The third-order valence-corrected chi connectivity index (χ3v) is 6.55. The summed E-state index contributed by atoms with van der Waals surface area (Å²) >= 11 is 15.0. The fourth-order valence-electron chi connectivity index (χ4n) is 3.17. The average molecular weight is 553 g/mol. The van der Waals surface area contributed by atoms with Gasteiger partial charge in [-0.05, 0) is 72.8 Å². The molecule has 0 saturated heterocycles. The lowest BCUT2D eigenvalue weighted by molar-refractivity contribution is 0.159. The van der Waals surface area contributed by atoms with E-state index in [1.807, 2.05) is 49.5 Å². The monoisotopic (exact) mass is 552 g/mol. The van der Waals surface area contributed by atoms with Crippen molar-refractivity contribution in [3.8, 4) is 5.69 Å². The summed E-state index contributed by atoms with van der Waals surface area (Å²) in [4.78, 5) is 2.93. The molecule has 1 aromatic heterocycles. The first-order chi connectivity index (χ1) is 16.6. The summed E-state index contributed by atoms with van der Waals surface area (Å²) in [6, 6.07) is 13.7. The second-order valence-electron chi connectivity index (χ2n) is 7.71. The lowest BCUT2D eigenvalue weighted by Gasteiger charge is -2.20. The van der Waals surface area contributed by atoms with Gasteiger partial charge in [0, 0.05) is 36.1 Å². The zero-order valence-corrected chi connectivity index (χ0v) is 22.7. The number of nitrogens with one attached hydrogen (secondary N) is 4. The molecule has 2 aromatic carbocycles. The lowest BCUT2D eigenvalue weighted by Crippen LogP contribution is -2.23. The van der Waals surface area contributed by atoms with Gasteiger partial charge in [-0.2, -0.15) is 0 Å². The quantitative estimate of drug-likeness (QED) is 0.100. The van der Waals surface area contributed by atoms with E-state index in [1.165, 1.54) is 6.20 Å². The molecule has 0 amide bonds. The fraction of sp³-hybridized carbons (Fsp3) is 0.273. The van der Waals surface area contributed by atoms with Crippen molar-refractivity contribution in [2.45, 2.75) is 11.3 Å². The molecule has 188 valence electrons. The van der Waals surface area contributed by atoms with E-state index in [0.29, 0.717) is 35.8 Å². The Kier molecular flexibility index (Phi) is 9.57. The number of thiol groups is 1. The number of hydrogen-bond acceptors (Lipinski definition) is 8. The van der Waals surface area contributed by atoms with Crippen molar-refractivity contribution in [3.05, 3.63) is 69.8 Å². The van der Waals surface area contributed by atoms with Gasteiger partial charge in [0.15, 0.2) is 9.54 Å². The van der Waals surface area contributed by atoms with Crippen molar-refractivity contribution >= 4 is 58.5 Å². The van der Waals surface area contributed by atoms with Gasteiger partial charge >= 0.3 is 0 Å². The number of allylic oxidation sites excluding steroid dienone is 1. The van der Waals surface area contributed by atoms with Crippen LogP contribution in [0.3, 0.4) is 0 Å². The Morgan fingerprint density at radius 3 is 2.63 bits per heavy atom. The number of rotatable bonds is 12. The summed E-state index contributed by atoms with van der Waals surface area (Å²) in [5.74, 6) is 0. The standard InChI is InChI=1S/C22H28N6O3S4/c1-27(18-8-9-20(32)16(13-18)5-4-10-24-35(2,29)30)11-12-31-15-23-17-6-3-7-19(14-17)28-21(33)25-26-22(28)34/h3-4,6-10,13-14,23-24,32H,5,11-12,15H2,1-2H3,(H,25,33)(H,26,34)/b10-4+. The molecule has 0 aliphatic carbocycles. The molecule has 35 heavy (non-hydrogen) atoms. The summed E-state index contributed by atoms with van der Waals surface area (Å²) in [5.41, 5.74) is 3.76. The van der Waals surface area contributed by atoms with Gasteiger partial charge in [-0.15, -0.1) is 12.6 Å². The molecule has 0 atom stereocenters. The first-order valence-corrected chi connectivity index (χ1v) is 13.8. The molecule has 3 aromatic rings. The van der Waals surface area contributed by atoms with Crippen molar-refractivity contribution < 1.29 is 13.2 Å². The number of anilines is 2. The highest BCUT2D eigenvalue weighted by Gasteiger charge is 2.06. The molecule has 4 N–H and O–H groups in total. The summed E-state index contributed by atoms with van der Waals surface area (Å²) < 4.78 is 33.2. The van der Waals surface area contributed by atoms with Crippen LogP contribution in [0.2, 0.25) is 0 Å². The van der Waals surface area contributed by atoms with Gasteiger partial charge in [0.1, 0.15) is 6.73 Å². The van der Waals surface area contributed by atoms with E-state index in [4.69, 9.17) is 29.2 Å². The smallest absolute Gasteiger partial charge is 0.229 e. The zero-order valence-electron chi connectivity index (χ0n) is 19.3. The van der Waals surface area contributed by atoms with Crippen LogP contribution in [-0.2, 0) is 21.2 Å². The van der Waals surface area contributed by atoms with E-state index in [-0.39, 0.29) is 0 Å². The van der Waals surface area contributed by atoms with Crippen LogP contribution in [0, 0.1) is 9.54 Å². The molecule has 0 spiro atoms. The van der Waals surface area contributed by atoms with Crippen LogP contribution < -0.4 is 14.9 Å². The highest BCUT2D eigenvalue weighted by Crippen LogP contribution is 2.22. The Labute approximate surface area is 220 Å². The van der Waals surface area contributed by atoms with Crippen molar-refractivity contribution in [2.24, 2.45) is 0 Å². The molecule has 1 heterocycles. The summed E-state index contributed by atoms with van der Waals surface area (Å²) in [7, 11) is -1.27. The minimum absolute atomic E-state index is 0.349. The maximum absolute atomic E-state index is 11.2. The summed E-state index contributed by atoms with van der Waals surface area (Å²) in [6.45, 7) is 1.56. The second-order valence-corrected chi connectivity index (χ2v) is 10.7. The number of H-pyrrole nitrogens is 2. The van der Waals surface area contributed by atoms with Crippen LogP contribution in [0.15, 0.2) is 59.6 Å². The highest BCUT2D eigenvalue weighted by molar-refractivity contribution is 7.88. The molecular weight excluding hydrogens is 525 g/mol. The minimum Gasteiger partial charge on any atom is -0.372 e. The van der Waals surface area contributed by atoms with Crippen LogP contribution >= 0.6 is 37.1 Å². The normalized spacial score (nSPS) is 11.6. The number of hydrogen-bond donors (Lipinski definition) is 5. The molecule has 0 aliphatic rings. The first-order valence-electron chi connectivity index (χ1n) is 10.6. The summed E-state index contributed by atoms with van der Waals surface area (Å²) in [6.07, 6.45) is 4.85. The van der Waals surface area contributed by atoms with E-state index < -0.39 is 10.0 Å². The van der Waals surface area contributed by atoms with Crippen LogP contribution in [0.5, 0.6) is 0 Å². The third-order valence-electron chi connectivity index (χ3n) is 4.98. The van der Waals surface area contributed by atoms with E-state index in [0.717, 1.165) is 33.8 Å². The van der Waals surface area contributed by atoms with Gasteiger partial charge in [0.25, 0.3) is 0 Å². The predicted octanol–water partition coefficient (Wildman–Crippen LogP) is 4.01. The Balaban J connectivity index is 1.48. The Bertz CT molecular complexity index is 1370. The zero-order chi connectivity index (χ0) is 25.4. The van der Waals surface area contributed by atoms with E-state index >= 15 is 0 Å². The lowest BCUT2D eigenvalue weighted by atomic mass is 10.1. The van der Waals surface area contributed by atoms with Gasteiger partial charge in [0.2, 0.25) is 10.0 Å². The maximum Gasteiger partial charge on any atom is 0.229 e. The van der Waals surface area contributed by atoms with Gasteiger partial charge in [-0.3, -0.25) is 19.5 Å². The molecule has 0 unspecified atom stereocenters. The minimum atomic E-state index is -3.25. The van der Waals surface area contributed by atoms with Gasteiger partial charge in [-0.1, -0.05) is 12.1 Å². The van der Waals surface area contributed by atoms with Crippen molar-refractivity contribution in [3.63, 3.8) is 0 Å². The molecule has 0 saturated carbocycles. The van der Waals surface area contributed by atoms with Crippen molar-refractivity contribution in [1.29, 1.82) is 0 Å². The van der Waals surface area contributed by atoms with Crippen LogP contribution in [0.4, 0.5) is 11.4 Å². The number of nitrogens with zero attached hydrogens (tertiary/aromatic N) is 2. The van der Waals surface area contributed by atoms with Crippen LogP contribution in [0.1, 0.15) is 5.56 Å². The Morgan fingerprint density at radius 1 is 1.17 bits per heavy atom. The number of likely N-dealkylation sites (N-methyl/N-ethyl adjacent to an activating group) is 1. The molecular formula is C22H28N6O3S4. The highest BCUT2D eigenvalue weighted by atomic mass is 32.2. The first kappa shape index (κ1) is 27.0. The molecule has 0 bridgehead atoms. The van der Waals surface area contributed by atoms with Gasteiger partial charge in [0.05, 0.1) is 18.6 Å². The third kappa shape index (κ3) is 8.25. The fourth-order valence-corrected chi connectivity index (χ4v) is 4.30. The topological polar surface area (TPSA) is 107 Å². The number of aromatic amines is 2. The van der Waals surface area contributed by atoms with E-state index in [1.54, 1.807) is 10.6 Å². The molecule has 0 radical (unpaired) electrons. The SMILES string of the molecule is CN(CCOCNc1cccc(-n2c(=S)[nH][nH]c2=S)c1)c1ccc(S)c(C/C=C/NS(C)(=O)=O)c1. The van der Waals surface area contributed by atoms with E-state index in [9.17, 15) is 8.42 Å². The number of aromatic nitrogens is 3. The Morgan fingerprint density at radius 2 is 1.91 bits per heavy atom. The molecule has 9 nitrogen and oxygen atoms in total. The van der Waals surface area contributed by atoms with Crippen molar-refractivity contribution in [2.75, 3.05) is 43.4 Å².